The normalized spacial score (nSPS) is 19.8. The number of morpholine rings is 1. The Labute approximate surface area is 117 Å². The summed E-state index contributed by atoms with van der Waals surface area (Å²) in [4.78, 5) is 24.6. The standard InChI is InChI=1S/C14H18N2O4/c1-9(17)10-2-3-13(18)11(6-10)7-16-4-5-20-8-12(16)14(15)19/h2-3,6,12,18H,4-5,7-8H2,1H3,(H2,15,19). The second-order valence-corrected chi connectivity index (χ2v) is 4.86. The number of amides is 1. The highest BCUT2D eigenvalue weighted by Crippen LogP contribution is 2.22. The van der Waals surface area contributed by atoms with Crippen LogP contribution >= 0.6 is 0 Å². The summed E-state index contributed by atoms with van der Waals surface area (Å²) < 4.78 is 5.24. The van der Waals surface area contributed by atoms with E-state index >= 15 is 0 Å². The third kappa shape index (κ3) is 3.15. The number of Topliss-reactive ketones (excluding diaryl/α,β-unsaturated/α-hetero) is 1. The number of aromatic hydroxyl groups is 1. The first-order valence-electron chi connectivity index (χ1n) is 6.43. The first-order valence-corrected chi connectivity index (χ1v) is 6.43. The predicted molar refractivity (Wildman–Crippen MR) is 72.3 cm³/mol. The fourth-order valence-electron chi connectivity index (χ4n) is 2.24. The molecule has 108 valence electrons. The largest absolute Gasteiger partial charge is 0.508 e. The van der Waals surface area contributed by atoms with E-state index in [1.807, 2.05) is 4.90 Å². The van der Waals surface area contributed by atoms with Gasteiger partial charge in [0.15, 0.2) is 5.78 Å². The summed E-state index contributed by atoms with van der Waals surface area (Å²) >= 11 is 0. The van der Waals surface area contributed by atoms with E-state index in [-0.39, 0.29) is 18.1 Å². The molecular formula is C14H18N2O4. The Bertz CT molecular complexity index is 530. The minimum Gasteiger partial charge on any atom is -0.508 e. The maximum atomic E-state index is 11.4. The van der Waals surface area contributed by atoms with E-state index in [0.29, 0.717) is 30.8 Å². The highest BCUT2D eigenvalue weighted by atomic mass is 16.5. The highest BCUT2D eigenvalue weighted by Gasteiger charge is 2.28. The molecule has 6 heteroatoms. The van der Waals surface area contributed by atoms with E-state index in [2.05, 4.69) is 0 Å². The van der Waals surface area contributed by atoms with Crippen molar-refractivity contribution in [2.75, 3.05) is 19.8 Å². The lowest BCUT2D eigenvalue weighted by molar-refractivity contribution is -0.129. The average molecular weight is 278 g/mol. The third-order valence-electron chi connectivity index (χ3n) is 3.43. The van der Waals surface area contributed by atoms with Gasteiger partial charge in [-0.3, -0.25) is 14.5 Å². The summed E-state index contributed by atoms with van der Waals surface area (Å²) in [6, 6.07) is 4.20. The van der Waals surface area contributed by atoms with Gasteiger partial charge in [0.05, 0.1) is 13.2 Å². The molecule has 0 saturated carbocycles. The molecular weight excluding hydrogens is 260 g/mol. The van der Waals surface area contributed by atoms with Crippen LogP contribution in [0.1, 0.15) is 22.8 Å². The quantitative estimate of drug-likeness (QED) is 0.772. The lowest BCUT2D eigenvalue weighted by Crippen LogP contribution is -2.51. The molecule has 1 aromatic carbocycles. The molecule has 1 fully saturated rings. The molecule has 3 N–H and O–H groups in total. The molecule has 1 aliphatic rings. The lowest BCUT2D eigenvalue weighted by atomic mass is 10.1. The third-order valence-corrected chi connectivity index (χ3v) is 3.43. The Morgan fingerprint density at radius 3 is 2.90 bits per heavy atom. The Kier molecular flexibility index (Phi) is 4.36. The summed E-state index contributed by atoms with van der Waals surface area (Å²) in [5, 5.41) is 9.89. The minimum absolute atomic E-state index is 0.0697. The summed E-state index contributed by atoms with van der Waals surface area (Å²) in [5.41, 5.74) is 6.48. The first kappa shape index (κ1) is 14.5. The molecule has 20 heavy (non-hydrogen) atoms. The summed E-state index contributed by atoms with van der Waals surface area (Å²) in [6.07, 6.45) is 0. The van der Waals surface area contributed by atoms with Crippen molar-refractivity contribution < 1.29 is 19.4 Å². The van der Waals surface area contributed by atoms with Crippen molar-refractivity contribution >= 4 is 11.7 Å². The van der Waals surface area contributed by atoms with Crippen LogP contribution in [-0.4, -0.2) is 47.5 Å². The number of benzene rings is 1. The van der Waals surface area contributed by atoms with Gasteiger partial charge in [0, 0.05) is 24.2 Å². The van der Waals surface area contributed by atoms with Crippen LogP contribution in [0.25, 0.3) is 0 Å². The zero-order valence-electron chi connectivity index (χ0n) is 11.3. The number of hydrogen-bond acceptors (Lipinski definition) is 5. The minimum atomic E-state index is -0.510. The average Bonchev–Trinajstić information content (AvgIpc) is 2.41. The number of nitrogens with zero attached hydrogens (tertiary/aromatic N) is 1. The summed E-state index contributed by atoms with van der Waals surface area (Å²) in [6.45, 7) is 3.14. The molecule has 1 atom stereocenters. The van der Waals surface area contributed by atoms with Crippen molar-refractivity contribution in [1.29, 1.82) is 0 Å². The molecule has 2 rings (SSSR count). The number of hydrogen-bond donors (Lipinski definition) is 2. The number of nitrogens with two attached hydrogens (primary N) is 1. The van der Waals surface area contributed by atoms with Crippen molar-refractivity contribution in [2.24, 2.45) is 5.73 Å². The maximum Gasteiger partial charge on any atom is 0.237 e. The Morgan fingerprint density at radius 2 is 2.25 bits per heavy atom. The fraction of sp³-hybridized carbons (Fsp3) is 0.429. The Balaban J connectivity index is 2.21. The van der Waals surface area contributed by atoms with Gasteiger partial charge in [-0.25, -0.2) is 0 Å². The van der Waals surface area contributed by atoms with Crippen LogP contribution in [0.5, 0.6) is 5.75 Å². The number of carbonyl (C=O) groups excluding carboxylic acids is 2. The van der Waals surface area contributed by atoms with Gasteiger partial charge in [-0.05, 0) is 25.1 Å². The van der Waals surface area contributed by atoms with E-state index in [0.717, 1.165) is 0 Å². The number of phenolic OH excluding ortho intramolecular Hbond substituents is 1. The van der Waals surface area contributed by atoms with Gasteiger partial charge in [0.25, 0.3) is 0 Å². The SMILES string of the molecule is CC(=O)c1ccc(O)c(CN2CCOCC2C(N)=O)c1. The molecule has 0 aliphatic carbocycles. The molecule has 1 saturated heterocycles. The molecule has 1 heterocycles. The molecule has 1 aliphatic heterocycles. The van der Waals surface area contributed by atoms with Gasteiger partial charge in [0.2, 0.25) is 5.91 Å². The van der Waals surface area contributed by atoms with Gasteiger partial charge in [-0.2, -0.15) is 0 Å². The van der Waals surface area contributed by atoms with E-state index in [1.54, 1.807) is 12.1 Å². The van der Waals surface area contributed by atoms with Crippen LogP contribution in [0, 0.1) is 0 Å². The summed E-state index contributed by atoms with van der Waals surface area (Å²) in [5.74, 6) is -0.420. The van der Waals surface area contributed by atoms with Gasteiger partial charge >= 0.3 is 0 Å². The molecule has 1 unspecified atom stereocenters. The van der Waals surface area contributed by atoms with Gasteiger partial charge in [0.1, 0.15) is 11.8 Å². The zero-order chi connectivity index (χ0) is 14.7. The Hall–Kier alpha value is -1.92. The van der Waals surface area contributed by atoms with Crippen LogP contribution in [0.2, 0.25) is 0 Å². The highest BCUT2D eigenvalue weighted by molar-refractivity contribution is 5.94. The number of primary amides is 1. The van der Waals surface area contributed by atoms with Gasteiger partial charge in [-0.1, -0.05) is 0 Å². The number of ether oxygens (including phenoxy) is 1. The molecule has 0 spiro atoms. The maximum absolute atomic E-state index is 11.4. The Morgan fingerprint density at radius 1 is 1.50 bits per heavy atom. The van der Waals surface area contributed by atoms with Crippen LogP contribution in [0.3, 0.4) is 0 Å². The monoisotopic (exact) mass is 278 g/mol. The van der Waals surface area contributed by atoms with Crippen LogP contribution < -0.4 is 5.73 Å². The van der Waals surface area contributed by atoms with E-state index < -0.39 is 11.9 Å². The number of rotatable bonds is 4. The first-order chi connectivity index (χ1) is 9.49. The van der Waals surface area contributed by atoms with Gasteiger partial charge in [-0.15, -0.1) is 0 Å². The molecule has 0 bridgehead atoms. The van der Waals surface area contributed by atoms with E-state index in [9.17, 15) is 14.7 Å². The molecule has 0 radical (unpaired) electrons. The van der Waals surface area contributed by atoms with Crippen molar-refractivity contribution in [3.63, 3.8) is 0 Å². The van der Waals surface area contributed by atoms with Crippen molar-refractivity contribution in [3.05, 3.63) is 29.3 Å². The van der Waals surface area contributed by atoms with Crippen molar-refractivity contribution in [2.45, 2.75) is 19.5 Å². The number of ketones is 1. The van der Waals surface area contributed by atoms with Crippen LogP contribution in [0.4, 0.5) is 0 Å². The summed E-state index contributed by atoms with van der Waals surface area (Å²) in [7, 11) is 0. The van der Waals surface area contributed by atoms with Gasteiger partial charge < -0.3 is 15.6 Å². The van der Waals surface area contributed by atoms with Crippen molar-refractivity contribution in [3.8, 4) is 5.75 Å². The zero-order valence-corrected chi connectivity index (χ0v) is 11.3. The second kappa shape index (κ2) is 6.02. The molecule has 0 aromatic heterocycles. The smallest absolute Gasteiger partial charge is 0.237 e. The number of carbonyl (C=O) groups is 2. The topological polar surface area (TPSA) is 92.9 Å². The second-order valence-electron chi connectivity index (χ2n) is 4.86. The van der Waals surface area contributed by atoms with E-state index in [4.69, 9.17) is 10.5 Å². The van der Waals surface area contributed by atoms with E-state index in [1.165, 1.54) is 13.0 Å². The molecule has 1 aromatic rings. The number of phenols is 1. The molecule has 1 amide bonds. The molecule has 6 nitrogen and oxygen atoms in total. The van der Waals surface area contributed by atoms with Crippen molar-refractivity contribution in [1.82, 2.24) is 4.90 Å². The van der Waals surface area contributed by atoms with Crippen LogP contribution in [0.15, 0.2) is 18.2 Å². The van der Waals surface area contributed by atoms with Crippen LogP contribution in [-0.2, 0) is 16.1 Å². The predicted octanol–water partition coefficient (Wildman–Crippen LogP) is 0.281. The lowest BCUT2D eigenvalue weighted by Gasteiger charge is -2.33. The fourth-order valence-corrected chi connectivity index (χ4v) is 2.24.